The highest BCUT2D eigenvalue weighted by Gasteiger charge is 2.25. The molecule has 1 aliphatic heterocycles. The van der Waals surface area contributed by atoms with Crippen molar-refractivity contribution in [3.8, 4) is 5.75 Å². The molecule has 1 fully saturated rings. The summed E-state index contributed by atoms with van der Waals surface area (Å²) in [6.45, 7) is 9.61. The molecule has 3 aromatic rings. The van der Waals surface area contributed by atoms with Crippen molar-refractivity contribution < 1.29 is 4.74 Å². The minimum Gasteiger partial charge on any atom is -0.490 e. The lowest BCUT2D eigenvalue weighted by Crippen LogP contribution is -2.28. The predicted octanol–water partition coefficient (Wildman–Crippen LogP) is 6.89. The van der Waals surface area contributed by atoms with Crippen LogP contribution in [0.2, 0.25) is 0 Å². The van der Waals surface area contributed by atoms with Crippen molar-refractivity contribution in [1.82, 2.24) is 9.55 Å². The van der Waals surface area contributed by atoms with Crippen LogP contribution in [0.4, 0.5) is 11.4 Å². The van der Waals surface area contributed by atoms with Gasteiger partial charge in [0.2, 0.25) is 0 Å². The van der Waals surface area contributed by atoms with E-state index in [-0.39, 0.29) is 5.41 Å². The number of nitrogens with zero attached hydrogens (tertiary/aromatic N) is 4. The average molecular weight is 479 g/mol. The van der Waals surface area contributed by atoms with Crippen LogP contribution in [0, 0.1) is 5.92 Å². The van der Waals surface area contributed by atoms with Crippen LogP contribution in [0.25, 0.3) is 11.0 Å². The number of ether oxygens (including phenoxy) is 1. The molecule has 1 saturated carbocycles. The first-order chi connectivity index (χ1) is 16.3. The molecule has 6 heteroatoms. The second kappa shape index (κ2) is 9.37. The number of likely N-dealkylation sites (N-methyl/N-ethyl adjacent to an activating group) is 1. The highest BCUT2D eigenvalue weighted by atomic mass is 32.2. The summed E-state index contributed by atoms with van der Waals surface area (Å²) in [5, 5.41) is 0. The van der Waals surface area contributed by atoms with Crippen molar-refractivity contribution in [2.45, 2.75) is 69.7 Å². The second-order valence-electron chi connectivity index (χ2n) is 11.0. The Morgan fingerprint density at radius 3 is 2.65 bits per heavy atom. The lowest BCUT2D eigenvalue weighted by molar-refractivity contribution is 0.310. The first kappa shape index (κ1) is 23.4. The fourth-order valence-electron chi connectivity index (χ4n) is 5.31. The van der Waals surface area contributed by atoms with Gasteiger partial charge in [-0.15, -0.1) is 0 Å². The predicted molar refractivity (Wildman–Crippen MR) is 144 cm³/mol. The summed E-state index contributed by atoms with van der Waals surface area (Å²) in [6.07, 6.45) is 6.84. The molecule has 182 valence electrons. The second-order valence-corrected chi connectivity index (χ2v) is 12.2. The Kier molecular flexibility index (Phi) is 6.45. The summed E-state index contributed by atoms with van der Waals surface area (Å²) in [4.78, 5) is 8.59. The van der Waals surface area contributed by atoms with Crippen molar-refractivity contribution in [3.05, 3.63) is 42.2 Å². The van der Waals surface area contributed by atoms with Gasteiger partial charge in [-0.3, -0.25) is 0 Å². The third-order valence-electron chi connectivity index (χ3n) is 7.20. The first-order valence-corrected chi connectivity index (χ1v) is 13.5. The third-order valence-corrected chi connectivity index (χ3v) is 8.15. The van der Waals surface area contributed by atoms with E-state index < -0.39 is 0 Å². The molecule has 2 aromatic carbocycles. The molecule has 0 N–H and O–H groups in total. The van der Waals surface area contributed by atoms with Crippen LogP contribution in [0.1, 0.15) is 58.7 Å². The molecular weight excluding hydrogens is 440 g/mol. The van der Waals surface area contributed by atoms with E-state index >= 15 is 0 Å². The Hall–Kier alpha value is -2.34. The number of aromatic nitrogens is 2. The maximum Gasteiger partial charge on any atom is 0.143 e. The van der Waals surface area contributed by atoms with Crippen molar-refractivity contribution in [2.75, 3.05) is 36.5 Å². The van der Waals surface area contributed by atoms with Crippen molar-refractivity contribution in [1.29, 1.82) is 0 Å². The zero-order chi connectivity index (χ0) is 23.9. The first-order valence-electron chi connectivity index (χ1n) is 12.7. The van der Waals surface area contributed by atoms with Gasteiger partial charge in [-0.1, -0.05) is 40.0 Å². The fourth-order valence-corrected chi connectivity index (χ4v) is 6.13. The van der Waals surface area contributed by atoms with Gasteiger partial charge in [0, 0.05) is 36.6 Å². The minimum atomic E-state index is 0.0186. The molecule has 1 aromatic heterocycles. The number of hydrogen-bond acceptors (Lipinski definition) is 5. The van der Waals surface area contributed by atoms with E-state index in [9.17, 15) is 0 Å². The quantitative estimate of drug-likeness (QED) is 0.373. The van der Waals surface area contributed by atoms with Gasteiger partial charge in [0.25, 0.3) is 0 Å². The number of benzene rings is 2. The standard InChI is InChI=1S/C28H38N4OS/c1-28(2,3)27-29-23-17-21(11-13-24(23)32(27)19-20-9-7-6-8-10-20)31(5)34-22-12-14-25-26(18-22)33-16-15-30(25)4/h11-14,17-18,20H,6-10,15-16,19H2,1-5H3. The Labute approximate surface area is 208 Å². The van der Waals surface area contributed by atoms with E-state index in [1.54, 1.807) is 11.9 Å². The van der Waals surface area contributed by atoms with Gasteiger partial charge in [-0.2, -0.15) is 0 Å². The molecule has 34 heavy (non-hydrogen) atoms. The zero-order valence-corrected chi connectivity index (χ0v) is 22.1. The summed E-state index contributed by atoms with van der Waals surface area (Å²) in [5.41, 5.74) is 4.71. The Morgan fingerprint density at radius 2 is 1.88 bits per heavy atom. The maximum atomic E-state index is 5.90. The van der Waals surface area contributed by atoms with Crippen molar-refractivity contribution in [2.24, 2.45) is 5.92 Å². The fraction of sp³-hybridized carbons (Fsp3) is 0.536. The Bertz CT molecular complexity index is 1160. The van der Waals surface area contributed by atoms with E-state index in [0.717, 1.165) is 48.3 Å². The molecule has 0 atom stereocenters. The third kappa shape index (κ3) is 4.74. The van der Waals surface area contributed by atoms with E-state index in [1.807, 2.05) is 0 Å². The number of rotatable bonds is 5. The number of anilines is 2. The highest BCUT2D eigenvalue weighted by Crippen LogP contribution is 2.38. The monoisotopic (exact) mass is 478 g/mol. The lowest BCUT2D eigenvalue weighted by atomic mass is 9.88. The van der Waals surface area contributed by atoms with E-state index in [0.29, 0.717) is 0 Å². The van der Waals surface area contributed by atoms with Gasteiger partial charge in [-0.25, -0.2) is 4.98 Å². The van der Waals surface area contributed by atoms with Crippen LogP contribution >= 0.6 is 11.9 Å². The van der Waals surface area contributed by atoms with E-state index in [1.165, 1.54) is 48.3 Å². The largest absolute Gasteiger partial charge is 0.490 e. The summed E-state index contributed by atoms with van der Waals surface area (Å²) < 4.78 is 10.6. The summed E-state index contributed by atoms with van der Waals surface area (Å²) in [5.74, 6) is 2.95. The van der Waals surface area contributed by atoms with Gasteiger partial charge in [0.05, 0.1) is 23.3 Å². The molecule has 0 spiro atoms. The SMILES string of the molecule is CN1CCOc2cc(SN(C)c3ccc4c(c3)nc(C(C)(C)C)n4CC3CCCCC3)ccc21. The molecule has 0 unspecified atom stereocenters. The topological polar surface area (TPSA) is 33.5 Å². The van der Waals surface area contributed by atoms with Crippen LogP contribution in [0.15, 0.2) is 41.3 Å². The zero-order valence-electron chi connectivity index (χ0n) is 21.3. The number of imidazole rings is 1. The highest BCUT2D eigenvalue weighted by molar-refractivity contribution is 8.00. The van der Waals surface area contributed by atoms with Crippen LogP contribution in [-0.2, 0) is 12.0 Å². The van der Waals surface area contributed by atoms with E-state index in [2.05, 4.69) is 85.0 Å². The number of hydrogen-bond donors (Lipinski definition) is 0. The lowest BCUT2D eigenvalue weighted by Gasteiger charge is -2.28. The van der Waals surface area contributed by atoms with Crippen LogP contribution in [0.5, 0.6) is 5.75 Å². The van der Waals surface area contributed by atoms with Crippen LogP contribution < -0.4 is 13.9 Å². The Balaban J connectivity index is 1.41. The van der Waals surface area contributed by atoms with Gasteiger partial charge in [0.15, 0.2) is 0 Å². The van der Waals surface area contributed by atoms with Crippen LogP contribution in [-0.4, -0.2) is 36.8 Å². The number of fused-ring (bicyclic) bond motifs is 2. The molecule has 5 rings (SSSR count). The summed E-state index contributed by atoms with van der Waals surface area (Å²) >= 11 is 1.72. The van der Waals surface area contributed by atoms with Gasteiger partial charge < -0.3 is 18.5 Å². The molecule has 0 radical (unpaired) electrons. The summed E-state index contributed by atoms with van der Waals surface area (Å²) in [7, 11) is 4.25. The molecule has 2 heterocycles. The Morgan fingerprint density at radius 1 is 1.09 bits per heavy atom. The van der Waals surface area contributed by atoms with Crippen LogP contribution in [0.3, 0.4) is 0 Å². The van der Waals surface area contributed by atoms with Gasteiger partial charge in [0.1, 0.15) is 18.2 Å². The van der Waals surface area contributed by atoms with E-state index in [4.69, 9.17) is 9.72 Å². The molecule has 0 saturated heterocycles. The molecule has 0 bridgehead atoms. The molecule has 1 aliphatic carbocycles. The summed E-state index contributed by atoms with van der Waals surface area (Å²) in [6, 6.07) is 13.3. The van der Waals surface area contributed by atoms with Crippen molar-refractivity contribution >= 4 is 34.4 Å². The minimum absolute atomic E-state index is 0.0186. The smallest absolute Gasteiger partial charge is 0.143 e. The molecule has 0 amide bonds. The molecule has 2 aliphatic rings. The van der Waals surface area contributed by atoms with Gasteiger partial charge >= 0.3 is 0 Å². The maximum absolute atomic E-state index is 5.90. The molecule has 5 nitrogen and oxygen atoms in total. The normalized spacial score (nSPS) is 17.0. The van der Waals surface area contributed by atoms with Crippen molar-refractivity contribution in [3.63, 3.8) is 0 Å². The molecular formula is C28H38N4OS. The van der Waals surface area contributed by atoms with Gasteiger partial charge in [-0.05, 0) is 67.1 Å². The average Bonchev–Trinajstić information content (AvgIpc) is 3.18.